The summed E-state index contributed by atoms with van der Waals surface area (Å²) in [6.07, 6.45) is 8.34. The van der Waals surface area contributed by atoms with Crippen LogP contribution in [0.25, 0.3) is 0 Å². The van der Waals surface area contributed by atoms with Gasteiger partial charge in [0.1, 0.15) is 5.56 Å². The van der Waals surface area contributed by atoms with Gasteiger partial charge in [0.05, 0.1) is 6.07 Å². The molecule has 0 unspecified atom stereocenters. The summed E-state index contributed by atoms with van der Waals surface area (Å²) in [5, 5.41) is 8.80. The molecule has 0 atom stereocenters. The Balaban J connectivity index is 2.00. The minimum Gasteiger partial charge on any atom is -0.312 e. The highest BCUT2D eigenvalue weighted by Gasteiger charge is 2.22. The lowest BCUT2D eigenvalue weighted by Gasteiger charge is -2.23. The number of aromatic nitrogens is 1. The maximum absolute atomic E-state index is 13.3. The van der Waals surface area contributed by atoms with Crippen molar-refractivity contribution < 1.29 is 4.79 Å². The van der Waals surface area contributed by atoms with E-state index in [1.807, 2.05) is 41.0 Å². The molecular formula is C24H29N3O2. The van der Waals surface area contributed by atoms with Crippen LogP contribution in [0, 0.1) is 11.3 Å². The van der Waals surface area contributed by atoms with Crippen molar-refractivity contribution in [3.05, 3.63) is 63.6 Å². The van der Waals surface area contributed by atoms with Gasteiger partial charge in [-0.3, -0.25) is 9.59 Å². The number of pyridine rings is 1. The molecule has 29 heavy (non-hydrogen) atoms. The fourth-order valence-electron chi connectivity index (χ4n) is 4.05. The SMILES string of the molecule is CN(C(=O)c1cc2c(n(CCCCC#N)c1=O)CCCCCC2)c1ccccc1. The van der Waals surface area contributed by atoms with E-state index in [4.69, 9.17) is 5.26 Å². The number of hydrogen-bond acceptors (Lipinski definition) is 3. The first-order chi connectivity index (χ1) is 14.1. The number of nitriles is 1. The Morgan fingerprint density at radius 1 is 1.10 bits per heavy atom. The van der Waals surface area contributed by atoms with Crippen LogP contribution < -0.4 is 10.5 Å². The van der Waals surface area contributed by atoms with Gasteiger partial charge in [-0.2, -0.15) is 5.26 Å². The molecular weight excluding hydrogens is 362 g/mol. The second kappa shape index (κ2) is 10.1. The highest BCUT2D eigenvalue weighted by molar-refractivity contribution is 6.05. The van der Waals surface area contributed by atoms with Crippen LogP contribution >= 0.6 is 0 Å². The van der Waals surface area contributed by atoms with Gasteiger partial charge in [-0.05, 0) is 62.3 Å². The van der Waals surface area contributed by atoms with E-state index in [0.29, 0.717) is 13.0 Å². The standard InChI is InChI=1S/C24H29N3O2/c1-26(20-13-7-4-8-14-20)23(28)21-18-19-12-6-2-3-9-15-22(19)27(24(21)29)17-11-5-10-16-25/h4,7-8,13-14,18H,2-3,5-6,9-12,15,17H2,1H3. The zero-order valence-corrected chi connectivity index (χ0v) is 17.2. The first-order valence-electron chi connectivity index (χ1n) is 10.6. The van der Waals surface area contributed by atoms with Crippen LogP contribution in [0.15, 0.2) is 41.2 Å². The van der Waals surface area contributed by atoms with Crippen LogP contribution in [-0.2, 0) is 19.4 Å². The van der Waals surface area contributed by atoms with Gasteiger partial charge in [-0.15, -0.1) is 0 Å². The van der Waals surface area contributed by atoms with E-state index in [0.717, 1.165) is 55.5 Å². The lowest BCUT2D eigenvalue weighted by Crippen LogP contribution is -2.36. The predicted molar refractivity (Wildman–Crippen MR) is 115 cm³/mol. The fraction of sp³-hybridized carbons (Fsp3) is 0.458. The number of rotatable bonds is 6. The molecule has 3 rings (SSSR count). The summed E-state index contributed by atoms with van der Waals surface area (Å²) in [7, 11) is 1.71. The normalized spacial score (nSPS) is 13.7. The van der Waals surface area contributed by atoms with Crippen molar-refractivity contribution in [3.63, 3.8) is 0 Å². The van der Waals surface area contributed by atoms with Gasteiger partial charge in [0, 0.05) is 31.4 Å². The Labute approximate surface area is 172 Å². The van der Waals surface area contributed by atoms with Crippen LogP contribution in [-0.4, -0.2) is 17.5 Å². The van der Waals surface area contributed by atoms with Gasteiger partial charge >= 0.3 is 0 Å². The van der Waals surface area contributed by atoms with E-state index in [1.54, 1.807) is 11.9 Å². The molecule has 0 bridgehead atoms. The van der Waals surface area contributed by atoms with Crippen molar-refractivity contribution in [1.82, 2.24) is 4.57 Å². The van der Waals surface area contributed by atoms with Gasteiger partial charge < -0.3 is 9.47 Å². The number of benzene rings is 1. The largest absolute Gasteiger partial charge is 0.312 e. The number of hydrogen-bond donors (Lipinski definition) is 0. The maximum atomic E-state index is 13.3. The summed E-state index contributed by atoms with van der Waals surface area (Å²) >= 11 is 0. The number of carbonyl (C=O) groups is 1. The smallest absolute Gasteiger partial charge is 0.263 e. The van der Waals surface area contributed by atoms with Crippen LogP contribution in [0.1, 0.15) is 66.6 Å². The highest BCUT2D eigenvalue weighted by atomic mass is 16.2. The highest BCUT2D eigenvalue weighted by Crippen LogP contribution is 2.22. The molecule has 1 aliphatic carbocycles. The minimum absolute atomic E-state index is 0.200. The average Bonchev–Trinajstić information content (AvgIpc) is 2.73. The molecule has 1 amide bonds. The fourth-order valence-corrected chi connectivity index (χ4v) is 4.05. The van der Waals surface area contributed by atoms with Gasteiger partial charge in [0.2, 0.25) is 0 Å². The zero-order valence-electron chi connectivity index (χ0n) is 17.2. The third kappa shape index (κ3) is 4.95. The first-order valence-corrected chi connectivity index (χ1v) is 10.6. The van der Waals surface area contributed by atoms with Crippen LogP contribution in [0.5, 0.6) is 0 Å². The van der Waals surface area contributed by atoms with Gasteiger partial charge in [0.25, 0.3) is 11.5 Å². The molecule has 0 saturated carbocycles. The summed E-state index contributed by atoms with van der Waals surface area (Å²) in [6.45, 7) is 0.568. The molecule has 0 spiro atoms. The summed E-state index contributed by atoms with van der Waals surface area (Å²) in [5.74, 6) is -0.267. The molecule has 152 valence electrons. The Morgan fingerprint density at radius 3 is 2.55 bits per heavy atom. The first kappa shape index (κ1) is 20.9. The third-order valence-corrected chi connectivity index (χ3v) is 5.70. The minimum atomic E-state index is -0.267. The van der Waals surface area contributed by atoms with Crippen molar-refractivity contribution >= 4 is 11.6 Å². The van der Waals surface area contributed by atoms with Crippen molar-refractivity contribution in [2.75, 3.05) is 11.9 Å². The number of nitrogens with zero attached hydrogens (tertiary/aromatic N) is 3. The monoisotopic (exact) mass is 391 g/mol. The van der Waals surface area contributed by atoms with Crippen LogP contribution in [0.4, 0.5) is 5.69 Å². The molecule has 1 heterocycles. The molecule has 0 N–H and O–H groups in total. The topological polar surface area (TPSA) is 66.1 Å². The second-order valence-electron chi connectivity index (χ2n) is 7.72. The Bertz CT molecular complexity index is 941. The predicted octanol–water partition coefficient (Wildman–Crippen LogP) is 4.48. The Hall–Kier alpha value is -2.87. The van der Waals surface area contributed by atoms with E-state index in [1.165, 1.54) is 12.8 Å². The second-order valence-corrected chi connectivity index (χ2v) is 7.72. The molecule has 1 aromatic carbocycles. The Morgan fingerprint density at radius 2 is 1.83 bits per heavy atom. The Kier molecular flexibility index (Phi) is 7.24. The molecule has 0 fully saturated rings. The molecule has 0 radical (unpaired) electrons. The number of fused-ring (bicyclic) bond motifs is 1. The lowest BCUT2D eigenvalue weighted by molar-refractivity contribution is 0.0990. The lowest BCUT2D eigenvalue weighted by atomic mass is 9.95. The van der Waals surface area contributed by atoms with E-state index >= 15 is 0 Å². The number of amides is 1. The third-order valence-electron chi connectivity index (χ3n) is 5.70. The number of unbranched alkanes of at least 4 members (excludes halogenated alkanes) is 2. The van der Waals surface area contributed by atoms with Crippen molar-refractivity contribution in [1.29, 1.82) is 5.26 Å². The molecule has 5 heteroatoms. The molecule has 0 aliphatic heterocycles. The number of aryl methyl sites for hydroxylation is 1. The van der Waals surface area contributed by atoms with E-state index in [9.17, 15) is 9.59 Å². The number of carbonyl (C=O) groups excluding carboxylic acids is 1. The molecule has 5 nitrogen and oxygen atoms in total. The quantitative estimate of drug-likeness (QED) is 0.682. The maximum Gasteiger partial charge on any atom is 0.263 e. The number of para-hydroxylation sites is 1. The van der Waals surface area contributed by atoms with Gasteiger partial charge in [-0.25, -0.2) is 0 Å². The zero-order chi connectivity index (χ0) is 20.6. The van der Waals surface area contributed by atoms with Crippen molar-refractivity contribution in [2.24, 2.45) is 0 Å². The summed E-state index contributed by atoms with van der Waals surface area (Å²) in [4.78, 5) is 28.1. The van der Waals surface area contributed by atoms with Gasteiger partial charge in [-0.1, -0.05) is 31.0 Å². The summed E-state index contributed by atoms with van der Waals surface area (Å²) in [6, 6.07) is 13.4. The van der Waals surface area contributed by atoms with Crippen LogP contribution in [0.3, 0.4) is 0 Å². The average molecular weight is 392 g/mol. The molecule has 1 aliphatic rings. The molecule has 0 saturated heterocycles. The summed E-state index contributed by atoms with van der Waals surface area (Å²) < 4.78 is 1.82. The summed E-state index contributed by atoms with van der Waals surface area (Å²) in [5.41, 5.74) is 3.04. The number of anilines is 1. The molecule has 2 aromatic rings. The van der Waals surface area contributed by atoms with E-state index in [-0.39, 0.29) is 17.0 Å². The van der Waals surface area contributed by atoms with Gasteiger partial charge in [0.15, 0.2) is 0 Å². The van der Waals surface area contributed by atoms with E-state index < -0.39 is 0 Å². The van der Waals surface area contributed by atoms with Crippen LogP contribution in [0.2, 0.25) is 0 Å². The van der Waals surface area contributed by atoms with E-state index in [2.05, 4.69) is 6.07 Å². The van der Waals surface area contributed by atoms with Crippen molar-refractivity contribution in [2.45, 2.75) is 64.3 Å². The van der Waals surface area contributed by atoms with Crippen molar-refractivity contribution in [3.8, 4) is 6.07 Å². The molecule has 1 aromatic heterocycles.